The van der Waals surface area contributed by atoms with Crippen LogP contribution in [-0.2, 0) is 4.79 Å². The fourth-order valence-electron chi connectivity index (χ4n) is 2.25. The molecular formula is C14H14N4O4. The molecule has 0 bridgehead atoms. The first kappa shape index (κ1) is 15.4. The molecule has 2 amide bonds. The molecule has 1 fully saturated rings. The van der Waals surface area contributed by atoms with Crippen LogP contribution in [-0.4, -0.2) is 52.7 Å². The van der Waals surface area contributed by atoms with Gasteiger partial charge in [0.15, 0.2) is 0 Å². The Hall–Kier alpha value is -2.95. The molecular weight excluding hydrogens is 288 g/mol. The number of amides is 2. The molecule has 0 aromatic heterocycles. The Morgan fingerprint density at radius 3 is 2.18 bits per heavy atom. The second-order valence-corrected chi connectivity index (χ2v) is 4.81. The molecule has 0 spiro atoms. The summed E-state index contributed by atoms with van der Waals surface area (Å²) in [5, 5.41) is 19.1. The van der Waals surface area contributed by atoms with E-state index in [1.54, 1.807) is 9.80 Å². The smallest absolute Gasteiger partial charge is 0.269 e. The highest BCUT2D eigenvalue weighted by atomic mass is 16.6. The first-order valence-corrected chi connectivity index (χ1v) is 6.71. The van der Waals surface area contributed by atoms with Crippen LogP contribution in [0.2, 0.25) is 0 Å². The fourth-order valence-corrected chi connectivity index (χ4v) is 2.25. The van der Waals surface area contributed by atoms with E-state index in [2.05, 4.69) is 0 Å². The SMILES string of the molecule is N#CCC(=O)N1CCN(C(=O)c2ccc([N+](=O)[O-])cc2)CC1. The van der Waals surface area contributed by atoms with Crippen LogP contribution in [0.25, 0.3) is 0 Å². The molecule has 1 aliphatic rings. The molecule has 0 atom stereocenters. The number of carbonyl (C=O) groups is 2. The van der Waals surface area contributed by atoms with Gasteiger partial charge in [-0.25, -0.2) is 0 Å². The summed E-state index contributed by atoms with van der Waals surface area (Å²) in [5.41, 5.74) is 0.311. The van der Waals surface area contributed by atoms with Crippen LogP contribution >= 0.6 is 0 Å². The van der Waals surface area contributed by atoms with E-state index < -0.39 is 4.92 Å². The lowest BCUT2D eigenvalue weighted by atomic mass is 10.1. The Bertz CT molecular complexity index is 627. The molecule has 0 saturated carbocycles. The van der Waals surface area contributed by atoms with Gasteiger partial charge in [-0.2, -0.15) is 5.26 Å². The molecule has 0 aliphatic carbocycles. The third-order valence-corrected chi connectivity index (χ3v) is 3.47. The minimum Gasteiger partial charge on any atom is -0.338 e. The molecule has 0 unspecified atom stereocenters. The summed E-state index contributed by atoms with van der Waals surface area (Å²) >= 11 is 0. The van der Waals surface area contributed by atoms with E-state index in [4.69, 9.17) is 5.26 Å². The monoisotopic (exact) mass is 302 g/mol. The Morgan fingerprint density at radius 2 is 1.68 bits per heavy atom. The second kappa shape index (κ2) is 6.67. The highest BCUT2D eigenvalue weighted by Crippen LogP contribution is 2.14. The van der Waals surface area contributed by atoms with E-state index >= 15 is 0 Å². The molecule has 0 N–H and O–H groups in total. The molecule has 8 heteroatoms. The van der Waals surface area contributed by atoms with E-state index in [0.29, 0.717) is 31.7 Å². The van der Waals surface area contributed by atoms with Gasteiger partial charge in [0.2, 0.25) is 5.91 Å². The summed E-state index contributed by atoms with van der Waals surface area (Å²) in [5.74, 6) is -0.452. The predicted octanol–water partition coefficient (Wildman–Crippen LogP) is 0.793. The Balaban J connectivity index is 1.96. The number of nitro benzene ring substituents is 1. The first-order chi connectivity index (χ1) is 10.5. The molecule has 8 nitrogen and oxygen atoms in total. The topological polar surface area (TPSA) is 108 Å². The van der Waals surface area contributed by atoms with Gasteiger partial charge in [0, 0.05) is 43.9 Å². The number of nitro groups is 1. The zero-order valence-corrected chi connectivity index (χ0v) is 11.8. The molecule has 2 rings (SSSR count). The molecule has 1 aromatic rings. The molecule has 22 heavy (non-hydrogen) atoms. The highest BCUT2D eigenvalue weighted by Gasteiger charge is 2.24. The van der Waals surface area contributed by atoms with Gasteiger partial charge in [-0.1, -0.05) is 0 Å². The number of hydrogen-bond donors (Lipinski definition) is 0. The lowest BCUT2D eigenvalue weighted by Crippen LogP contribution is -2.50. The zero-order chi connectivity index (χ0) is 16.1. The van der Waals surface area contributed by atoms with Crippen molar-refractivity contribution >= 4 is 17.5 Å². The van der Waals surface area contributed by atoms with Crippen molar-refractivity contribution in [2.24, 2.45) is 0 Å². The van der Waals surface area contributed by atoms with Gasteiger partial charge in [0.1, 0.15) is 6.42 Å². The van der Waals surface area contributed by atoms with Gasteiger partial charge >= 0.3 is 0 Å². The highest BCUT2D eigenvalue weighted by molar-refractivity contribution is 5.94. The molecule has 1 aromatic carbocycles. The van der Waals surface area contributed by atoms with Gasteiger partial charge in [0.05, 0.1) is 11.0 Å². The number of benzene rings is 1. The number of hydrogen-bond acceptors (Lipinski definition) is 5. The maximum Gasteiger partial charge on any atom is 0.269 e. The third kappa shape index (κ3) is 3.38. The maximum atomic E-state index is 12.3. The quantitative estimate of drug-likeness (QED) is 0.606. The van der Waals surface area contributed by atoms with Crippen LogP contribution in [0.4, 0.5) is 5.69 Å². The van der Waals surface area contributed by atoms with Crippen LogP contribution in [0.1, 0.15) is 16.8 Å². The van der Waals surface area contributed by atoms with Crippen molar-refractivity contribution in [3.63, 3.8) is 0 Å². The summed E-state index contributed by atoms with van der Waals surface area (Å²) in [4.78, 5) is 37.1. The van der Waals surface area contributed by atoms with Gasteiger partial charge in [-0.05, 0) is 12.1 Å². The van der Waals surface area contributed by atoms with Gasteiger partial charge in [-0.3, -0.25) is 19.7 Å². The number of non-ortho nitro benzene ring substituents is 1. The van der Waals surface area contributed by atoms with Crippen molar-refractivity contribution in [1.29, 1.82) is 5.26 Å². The average Bonchev–Trinajstić information content (AvgIpc) is 2.54. The molecule has 1 heterocycles. The molecule has 1 aliphatic heterocycles. The van der Waals surface area contributed by atoms with Gasteiger partial charge < -0.3 is 9.80 Å². The van der Waals surface area contributed by atoms with E-state index in [1.165, 1.54) is 24.3 Å². The number of piperazine rings is 1. The number of nitriles is 1. The molecule has 1 saturated heterocycles. The first-order valence-electron chi connectivity index (χ1n) is 6.71. The summed E-state index contributed by atoms with van der Waals surface area (Å²) in [6.07, 6.45) is -0.156. The maximum absolute atomic E-state index is 12.3. The minimum atomic E-state index is -0.520. The van der Waals surface area contributed by atoms with E-state index in [1.807, 2.05) is 6.07 Å². The van der Waals surface area contributed by atoms with Crippen molar-refractivity contribution in [3.05, 3.63) is 39.9 Å². The predicted molar refractivity (Wildman–Crippen MR) is 75.8 cm³/mol. The van der Waals surface area contributed by atoms with E-state index in [0.717, 1.165) is 0 Å². The Labute approximate surface area is 126 Å². The third-order valence-electron chi connectivity index (χ3n) is 3.47. The van der Waals surface area contributed by atoms with E-state index in [9.17, 15) is 19.7 Å². The van der Waals surface area contributed by atoms with Crippen molar-refractivity contribution in [2.75, 3.05) is 26.2 Å². The van der Waals surface area contributed by atoms with E-state index in [-0.39, 0.29) is 23.9 Å². The normalized spacial score (nSPS) is 14.3. The number of rotatable bonds is 3. The van der Waals surface area contributed by atoms with Crippen LogP contribution in [0, 0.1) is 21.4 Å². The van der Waals surface area contributed by atoms with Crippen molar-refractivity contribution in [1.82, 2.24) is 9.80 Å². The number of carbonyl (C=O) groups excluding carboxylic acids is 2. The van der Waals surface area contributed by atoms with Gasteiger partial charge in [-0.15, -0.1) is 0 Å². The van der Waals surface area contributed by atoms with Crippen LogP contribution in [0.15, 0.2) is 24.3 Å². The average molecular weight is 302 g/mol. The molecule has 114 valence electrons. The second-order valence-electron chi connectivity index (χ2n) is 4.81. The summed E-state index contributed by atoms with van der Waals surface area (Å²) in [7, 11) is 0. The fraction of sp³-hybridized carbons (Fsp3) is 0.357. The van der Waals surface area contributed by atoms with Crippen LogP contribution in [0.5, 0.6) is 0 Å². The Morgan fingerprint density at radius 1 is 1.14 bits per heavy atom. The summed E-state index contributed by atoms with van der Waals surface area (Å²) in [6.45, 7) is 1.54. The summed E-state index contributed by atoms with van der Waals surface area (Å²) in [6, 6.07) is 7.24. The number of nitrogens with zero attached hydrogens (tertiary/aromatic N) is 4. The van der Waals surface area contributed by atoms with Crippen LogP contribution < -0.4 is 0 Å². The summed E-state index contributed by atoms with van der Waals surface area (Å²) < 4.78 is 0. The largest absolute Gasteiger partial charge is 0.338 e. The van der Waals surface area contributed by atoms with Crippen molar-refractivity contribution in [3.8, 4) is 6.07 Å². The van der Waals surface area contributed by atoms with Gasteiger partial charge in [0.25, 0.3) is 11.6 Å². The standard InChI is InChI=1S/C14H14N4O4/c15-6-5-13(19)16-7-9-17(10-8-16)14(20)11-1-3-12(4-2-11)18(21)22/h1-4H,5,7-10H2. The van der Waals surface area contributed by atoms with Crippen LogP contribution in [0.3, 0.4) is 0 Å². The molecule has 0 radical (unpaired) electrons. The lowest BCUT2D eigenvalue weighted by molar-refractivity contribution is -0.384. The lowest BCUT2D eigenvalue weighted by Gasteiger charge is -2.34. The van der Waals surface area contributed by atoms with Crippen molar-refractivity contribution < 1.29 is 14.5 Å². The zero-order valence-electron chi connectivity index (χ0n) is 11.8. The minimum absolute atomic E-state index is 0.0662. The Kier molecular flexibility index (Phi) is 4.68. The van der Waals surface area contributed by atoms with Crippen molar-refractivity contribution in [2.45, 2.75) is 6.42 Å².